The fraction of sp³-hybridized carbons (Fsp3) is 1.00. The van der Waals surface area contributed by atoms with Gasteiger partial charge in [-0.3, -0.25) is 0 Å². The molecule has 0 aromatic heterocycles. The Hall–Kier alpha value is -0.0800. The van der Waals surface area contributed by atoms with E-state index in [2.05, 4.69) is 18.9 Å². The Bertz CT molecular complexity index is 84.9. The first-order valence-electron chi connectivity index (χ1n) is 3.64. The van der Waals surface area contributed by atoms with Gasteiger partial charge in [-0.25, -0.2) is 0 Å². The van der Waals surface area contributed by atoms with Gasteiger partial charge in [0.25, 0.3) is 0 Å². The maximum Gasteiger partial charge on any atom is 0.0707 e. The number of likely N-dealkylation sites (tertiary alicyclic amines) is 1. The van der Waals surface area contributed by atoms with Crippen molar-refractivity contribution in [1.29, 1.82) is 0 Å². The van der Waals surface area contributed by atoms with Gasteiger partial charge in [0.15, 0.2) is 0 Å². The molecule has 0 radical (unpaired) electrons. The summed E-state index contributed by atoms with van der Waals surface area (Å²) >= 11 is 0. The third-order valence-corrected chi connectivity index (χ3v) is 2.21. The highest BCUT2D eigenvalue weighted by Crippen LogP contribution is 2.17. The first-order chi connectivity index (χ1) is 4.25. The topological polar surface area (TPSA) is 23.5 Å². The molecule has 9 heavy (non-hydrogen) atoms. The van der Waals surface area contributed by atoms with Crippen molar-refractivity contribution in [2.45, 2.75) is 31.9 Å². The van der Waals surface area contributed by atoms with Crippen LogP contribution in [0.3, 0.4) is 0 Å². The second-order valence-corrected chi connectivity index (χ2v) is 2.81. The summed E-state index contributed by atoms with van der Waals surface area (Å²) in [6, 6.07) is 0.421. The molecule has 0 unspecified atom stereocenters. The number of aliphatic hydroxyl groups is 1. The van der Waals surface area contributed by atoms with Crippen LogP contribution in [0.25, 0.3) is 0 Å². The van der Waals surface area contributed by atoms with Crippen LogP contribution in [0.15, 0.2) is 0 Å². The number of hydrogen-bond donors (Lipinski definition) is 1. The van der Waals surface area contributed by atoms with Crippen molar-refractivity contribution in [3.05, 3.63) is 0 Å². The lowest BCUT2D eigenvalue weighted by Gasteiger charge is -2.19. The zero-order valence-corrected chi connectivity index (χ0v) is 6.17. The molecule has 1 rings (SSSR count). The van der Waals surface area contributed by atoms with E-state index in [1.165, 1.54) is 0 Å². The molecule has 0 saturated carbocycles. The van der Waals surface area contributed by atoms with Gasteiger partial charge in [-0.05, 0) is 19.9 Å². The molecule has 1 saturated heterocycles. The molecule has 2 heteroatoms. The molecule has 0 amide bonds. The summed E-state index contributed by atoms with van der Waals surface area (Å²) in [5.41, 5.74) is 0. The maximum absolute atomic E-state index is 9.32. The minimum Gasteiger partial charge on any atom is -0.391 e. The Balaban J connectivity index is 2.44. The molecule has 54 valence electrons. The van der Waals surface area contributed by atoms with Crippen LogP contribution in [-0.4, -0.2) is 35.7 Å². The fourth-order valence-electron chi connectivity index (χ4n) is 1.57. The largest absolute Gasteiger partial charge is 0.391 e. The van der Waals surface area contributed by atoms with Crippen LogP contribution in [-0.2, 0) is 0 Å². The Morgan fingerprint density at radius 2 is 2.33 bits per heavy atom. The number of aliphatic hydroxyl groups excluding tert-OH is 1. The molecule has 1 aliphatic rings. The molecular weight excluding hydrogens is 114 g/mol. The molecule has 1 heterocycles. The lowest BCUT2D eigenvalue weighted by molar-refractivity contribution is 0.124. The van der Waals surface area contributed by atoms with Crippen molar-refractivity contribution < 1.29 is 5.11 Å². The number of rotatable bonds is 1. The van der Waals surface area contributed by atoms with Gasteiger partial charge in [-0.2, -0.15) is 0 Å². The van der Waals surface area contributed by atoms with E-state index < -0.39 is 0 Å². The van der Waals surface area contributed by atoms with E-state index in [-0.39, 0.29) is 6.10 Å². The van der Waals surface area contributed by atoms with Gasteiger partial charge in [0.05, 0.1) is 6.10 Å². The minimum absolute atomic E-state index is 0.0694. The quantitative estimate of drug-likeness (QED) is 0.556. The molecular formula is C7H15NO. The summed E-state index contributed by atoms with van der Waals surface area (Å²) in [6.07, 6.45) is 1.95. The summed E-state index contributed by atoms with van der Waals surface area (Å²) in [4.78, 5) is 2.23. The zero-order chi connectivity index (χ0) is 6.85. The zero-order valence-electron chi connectivity index (χ0n) is 6.17. The first-order valence-corrected chi connectivity index (χ1v) is 3.64. The van der Waals surface area contributed by atoms with E-state index in [0.29, 0.717) is 6.04 Å². The van der Waals surface area contributed by atoms with Crippen LogP contribution in [0.2, 0.25) is 0 Å². The summed E-state index contributed by atoms with van der Waals surface area (Å²) in [7, 11) is 2.07. The van der Waals surface area contributed by atoms with E-state index in [9.17, 15) is 5.11 Å². The van der Waals surface area contributed by atoms with Crippen LogP contribution in [0.4, 0.5) is 0 Å². The molecule has 0 aliphatic carbocycles. The molecule has 2 nitrogen and oxygen atoms in total. The smallest absolute Gasteiger partial charge is 0.0707 e. The van der Waals surface area contributed by atoms with Crippen molar-refractivity contribution in [1.82, 2.24) is 4.90 Å². The molecule has 0 spiro atoms. The molecule has 1 aliphatic heterocycles. The predicted octanol–water partition coefficient (Wildman–Crippen LogP) is 0.461. The van der Waals surface area contributed by atoms with E-state index in [0.717, 1.165) is 19.4 Å². The van der Waals surface area contributed by atoms with Crippen LogP contribution in [0.1, 0.15) is 19.8 Å². The molecule has 1 N–H and O–H groups in total. The van der Waals surface area contributed by atoms with E-state index in [1.54, 1.807) is 0 Å². The average molecular weight is 129 g/mol. The lowest BCUT2D eigenvalue weighted by atomic mass is 10.1. The van der Waals surface area contributed by atoms with Crippen molar-refractivity contribution in [3.8, 4) is 0 Å². The van der Waals surface area contributed by atoms with Crippen molar-refractivity contribution in [2.75, 3.05) is 13.6 Å². The third-order valence-electron chi connectivity index (χ3n) is 2.21. The normalized spacial score (nSPS) is 37.7. The summed E-state index contributed by atoms with van der Waals surface area (Å²) < 4.78 is 0. The highest BCUT2D eigenvalue weighted by molar-refractivity contribution is 4.83. The van der Waals surface area contributed by atoms with Gasteiger partial charge in [0.1, 0.15) is 0 Å². The van der Waals surface area contributed by atoms with Crippen LogP contribution < -0.4 is 0 Å². The van der Waals surface area contributed by atoms with Crippen LogP contribution in [0.5, 0.6) is 0 Å². The third kappa shape index (κ3) is 1.25. The second-order valence-electron chi connectivity index (χ2n) is 2.81. The highest BCUT2D eigenvalue weighted by Gasteiger charge is 2.27. The molecule has 0 bridgehead atoms. The van der Waals surface area contributed by atoms with Gasteiger partial charge in [0.2, 0.25) is 0 Å². The van der Waals surface area contributed by atoms with E-state index in [4.69, 9.17) is 0 Å². The average Bonchev–Trinajstić information content (AvgIpc) is 2.12. The monoisotopic (exact) mass is 129 g/mol. The van der Waals surface area contributed by atoms with Crippen molar-refractivity contribution in [2.24, 2.45) is 0 Å². The van der Waals surface area contributed by atoms with Crippen molar-refractivity contribution >= 4 is 0 Å². The maximum atomic E-state index is 9.32. The number of nitrogens with zero attached hydrogens (tertiary/aromatic N) is 1. The predicted molar refractivity (Wildman–Crippen MR) is 37.3 cm³/mol. The summed E-state index contributed by atoms with van der Waals surface area (Å²) in [5, 5.41) is 9.32. The summed E-state index contributed by atoms with van der Waals surface area (Å²) in [5.74, 6) is 0. The highest BCUT2D eigenvalue weighted by atomic mass is 16.3. The van der Waals surface area contributed by atoms with Crippen molar-refractivity contribution in [3.63, 3.8) is 0 Å². The Kier molecular flexibility index (Phi) is 2.09. The fourth-order valence-corrected chi connectivity index (χ4v) is 1.57. The van der Waals surface area contributed by atoms with Gasteiger partial charge in [-0.1, -0.05) is 6.92 Å². The van der Waals surface area contributed by atoms with Gasteiger partial charge >= 0.3 is 0 Å². The lowest BCUT2D eigenvalue weighted by Crippen LogP contribution is -2.31. The molecule has 2 atom stereocenters. The van der Waals surface area contributed by atoms with E-state index in [1.807, 2.05) is 0 Å². The van der Waals surface area contributed by atoms with Crippen LogP contribution in [0, 0.1) is 0 Å². The SMILES string of the molecule is CC[C@@H]1[C@@H](O)CCN1C. The molecule has 0 aromatic carbocycles. The molecule has 1 fully saturated rings. The summed E-state index contributed by atoms with van der Waals surface area (Å²) in [6.45, 7) is 3.18. The second kappa shape index (κ2) is 2.67. The Morgan fingerprint density at radius 3 is 2.56 bits per heavy atom. The first kappa shape index (κ1) is 7.03. The Morgan fingerprint density at radius 1 is 1.67 bits per heavy atom. The van der Waals surface area contributed by atoms with E-state index >= 15 is 0 Å². The Labute approximate surface area is 56.5 Å². The van der Waals surface area contributed by atoms with Gasteiger partial charge in [-0.15, -0.1) is 0 Å². The van der Waals surface area contributed by atoms with Crippen LogP contribution >= 0.6 is 0 Å². The minimum atomic E-state index is -0.0694. The van der Waals surface area contributed by atoms with Gasteiger partial charge in [0, 0.05) is 12.6 Å². The standard InChI is InChI=1S/C7H15NO/c1-3-6-7(9)4-5-8(6)2/h6-7,9H,3-5H2,1-2H3/t6-,7+/m1/s1. The number of hydrogen-bond acceptors (Lipinski definition) is 2. The number of likely N-dealkylation sites (N-methyl/N-ethyl adjacent to an activating group) is 1. The van der Waals surface area contributed by atoms with Gasteiger partial charge < -0.3 is 10.0 Å². The molecule has 0 aromatic rings.